The summed E-state index contributed by atoms with van der Waals surface area (Å²) in [5, 5.41) is 3.41. The van der Waals surface area contributed by atoms with E-state index in [0.717, 1.165) is 18.7 Å². The number of hydrogen-bond acceptors (Lipinski definition) is 2. The first kappa shape index (κ1) is 12.1. The minimum Gasteiger partial charge on any atom is -0.496 e. The zero-order chi connectivity index (χ0) is 11.3. The molecule has 15 heavy (non-hydrogen) atoms. The molecule has 84 valence electrons. The summed E-state index contributed by atoms with van der Waals surface area (Å²) in [6.07, 6.45) is 1.07. The topological polar surface area (TPSA) is 21.3 Å². The molecule has 0 unspecified atom stereocenters. The molecule has 0 fully saturated rings. The normalized spacial score (nSPS) is 10.7. The standard InChI is InChI=1S/C13H21NO/c1-10(2)14-8-7-12-5-6-13(15-4)11(3)9-12/h5-6,9-10,14H,7-8H2,1-4H3. The lowest BCUT2D eigenvalue weighted by Gasteiger charge is -2.09. The molecule has 0 aromatic heterocycles. The van der Waals surface area contributed by atoms with Gasteiger partial charge in [-0.25, -0.2) is 0 Å². The summed E-state index contributed by atoms with van der Waals surface area (Å²) in [6, 6.07) is 6.93. The summed E-state index contributed by atoms with van der Waals surface area (Å²) < 4.78 is 5.23. The summed E-state index contributed by atoms with van der Waals surface area (Å²) in [4.78, 5) is 0. The molecule has 0 spiro atoms. The van der Waals surface area contributed by atoms with Gasteiger partial charge in [0.1, 0.15) is 5.75 Å². The van der Waals surface area contributed by atoms with Gasteiger partial charge in [-0.2, -0.15) is 0 Å². The Bertz CT molecular complexity index is 307. The van der Waals surface area contributed by atoms with E-state index in [2.05, 4.69) is 38.2 Å². The maximum atomic E-state index is 5.23. The van der Waals surface area contributed by atoms with Crippen LogP contribution < -0.4 is 10.1 Å². The summed E-state index contributed by atoms with van der Waals surface area (Å²) >= 11 is 0. The van der Waals surface area contributed by atoms with Crippen molar-refractivity contribution < 1.29 is 4.74 Å². The van der Waals surface area contributed by atoms with Crippen LogP contribution in [0.3, 0.4) is 0 Å². The van der Waals surface area contributed by atoms with Crippen LogP contribution in [0.25, 0.3) is 0 Å². The molecule has 0 aliphatic carbocycles. The highest BCUT2D eigenvalue weighted by Crippen LogP contribution is 2.18. The van der Waals surface area contributed by atoms with E-state index in [9.17, 15) is 0 Å². The van der Waals surface area contributed by atoms with E-state index in [4.69, 9.17) is 4.74 Å². The van der Waals surface area contributed by atoms with Gasteiger partial charge in [-0.05, 0) is 37.1 Å². The quantitative estimate of drug-likeness (QED) is 0.801. The van der Waals surface area contributed by atoms with Crippen molar-refractivity contribution in [2.24, 2.45) is 0 Å². The third kappa shape index (κ3) is 3.92. The minimum absolute atomic E-state index is 0.560. The Morgan fingerprint density at radius 3 is 2.60 bits per heavy atom. The predicted octanol–water partition coefficient (Wildman–Crippen LogP) is 2.54. The molecule has 0 radical (unpaired) electrons. The highest BCUT2D eigenvalue weighted by atomic mass is 16.5. The molecule has 0 aliphatic rings. The highest BCUT2D eigenvalue weighted by molar-refractivity contribution is 5.36. The molecular weight excluding hydrogens is 186 g/mol. The van der Waals surface area contributed by atoms with Crippen molar-refractivity contribution in [2.75, 3.05) is 13.7 Å². The maximum absolute atomic E-state index is 5.23. The fourth-order valence-corrected chi connectivity index (χ4v) is 1.60. The fourth-order valence-electron chi connectivity index (χ4n) is 1.60. The Labute approximate surface area is 92.6 Å². The number of nitrogens with one attached hydrogen (secondary N) is 1. The van der Waals surface area contributed by atoms with E-state index in [0.29, 0.717) is 6.04 Å². The second-order valence-electron chi connectivity index (χ2n) is 4.16. The number of aryl methyl sites for hydroxylation is 1. The van der Waals surface area contributed by atoms with Gasteiger partial charge in [0.15, 0.2) is 0 Å². The molecule has 0 aliphatic heterocycles. The second-order valence-corrected chi connectivity index (χ2v) is 4.16. The van der Waals surface area contributed by atoms with E-state index < -0.39 is 0 Å². The van der Waals surface area contributed by atoms with Crippen LogP contribution in [0.15, 0.2) is 18.2 Å². The molecular formula is C13H21NO. The average Bonchev–Trinajstić information content (AvgIpc) is 2.17. The Kier molecular flexibility index (Phi) is 4.63. The minimum atomic E-state index is 0.560. The number of rotatable bonds is 5. The molecule has 2 nitrogen and oxygen atoms in total. The van der Waals surface area contributed by atoms with Crippen molar-refractivity contribution in [1.29, 1.82) is 0 Å². The van der Waals surface area contributed by atoms with Crippen LogP contribution in [-0.4, -0.2) is 19.7 Å². The lowest BCUT2D eigenvalue weighted by molar-refractivity contribution is 0.411. The average molecular weight is 207 g/mol. The second kappa shape index (κ2) is 5.76. The van der Waals surface area contributed by atoms with Gasteiger partial charge in [0.25, 0.3) is 0 Å². The molecule has 1 rings (SSSR count). The van der Waals surface area contributed by atoms with Gasteiger partial charge >= 0.3 is 0 Å². The third-order valence-corrected chi connectivity index (χ3v) is 2.43. The van der Waals surface area contributed by atoms with Gasteiger partial charge in [0.2, 0.25) is 0 Å². The summed E-state index contributed by atoms with van der Waals surface area (Å²) in [5.41, 5.74) is 2.57. The molecule has 1 N–H and O–H groups in total. The van der Waals surface area contributed by atoms with Crippen molar-refractivity contribution >= 4 is 0 Å². The Balaban J connectivity index is 2.52. The largest absolute Gasteiger partial charge is 0.496 e. The first-order valence-electron chi connectivity index (χ1n) is 5.50. The molecule has 0 saturated carbocycles. The van der Waals surface area contributed by atoms with Crippen LogP contribution in [0.1, 0.15) is 25.0 Å². The molecule has 2 heteroatoms. The van der Waals surface area contributed by atoms with Gasteiger partial charge in [0.05, 0.1) is 7.11 Å². The lowest BCUT2D eigenvalue weighted by Crippen LogP contribution is -2.24. The molecule has 0 saturated heterocycles. The van der Waals surface area contributed by atoms with Crippen molar-refractivity contribution in [1.82, 2.24) is 5.32 Å². The lowest BCUT2D eigenvalue weighted by atomic mass is 10.1. The number of benzene rings is 1. The highest BCUT2D eigenvalue weighted by Gasteiger charge is 2.00. The summed E-state index contributed by atoms with van der Waals surface area (Å²) in [5.74, 6) is 0.968. The monoisotopic (exact) mass is 207 g/mol. The van der Waals surface area contributed by atoms with Crippen LogP contribution in [0.2, 0.25) is 0 Å². The van der Waals surface area contributed by atoms with E-state index in [-0.39, 0.29) is 0 Å². The van der Waals surface area contributed by atoms with Crippen molar-refractivity contribution in [3.63, 3.8) is 0 Å². The molecule has 0 heterocycles. The van der Waals surface area contributed by atoms with Crippen LogP contribution >= 0.6 is 0 Å². The molecule has 0 amide bonds. The Morgan fingerprint density at radius 1 is 1.33 bits per heavy atom. The fraction of sp³-hybridized carbons (Fsp3) is 0.538. The van der Waals surface area contributed by atoms with Gasteiger partial charge in [-0.3, -0.25) is 0 Å². The van der Waals surface area contributed by atoms with Gasteiger partial charge in [0, 0.05) is 6.04 Å². The van der Waals surface area contributed by atoms with Gasteiger partial charge in [-0.15, -0.1) is 0 Å². The SMILES string of the molecule is COc1ccc(CCNC(C)C)cc1C. The smallest absolute Gasteiger partial charge is 0.121 e. The van der Waals surface area contributed by atoms with Crippen molar-refractivity contribution in [3.8, 4) is 5.75 Å². The zero-order valence-electron chi connectivity index (χ0n) is 10.1. The number of hydrogen-bond donors (Lipinski definition) is 1. The van der Waals surface area contributed by atoms with Crippen LogP contribution in [0.5, 0.6) is 5.75 Å². The Morgan fingerprint density at radius 2 is 2.07 bits per heavy atom. The van der Waals surface area contributed by atoms with Crippen molar-refractivity contribution in [3.05, 3.63) is 29.3 Å². The van der Waals surface area contributed by atoms with Crippen LogP contribution in [0.4, 0.5) is 0 Å². The van der Waals surface area contributed by atoms with Crippen LogP contribution in [-0.2, 0) is 6.42 Å². The maximum Gasteiger partial charge on any atom is 0.121 e. The number of ether oxygens (including phenoxy) is 1. The molecule has 1 aromatic rings. The van der Waals surface area contributed by atoms with Crippen LogP contribution in [0, 0.1) is 6.92 Å². The summed E-state index contributed by atoms with van der Waals surface area (Å²) in [6.45, 7) is 7.44. The van der Waals surface area contributed by atoms with E-state index >= 15 is 0 Å². The number of methoxy groups -OCH3 is 1. The molecule has 1 aromatic carbocycles. The van der Waals surface area contributed by atoms with Gasteiger partial charge < -0.3 is 10.1 Å². The first-order valence-corrected chi connectivity index (χ1v) is 5.50. The molecule has 0 bridgehead atoms. The van der Waals surface area contributed by atoms with E-state index in [1.54, 1.807) is 7.11 Å². The third-order valence-electron chi connectivity index (χ3n) is 2.43. The zero-order valence-corrected chi connectivity index (χ0v) is 10.1. The van der Waals surface area contributed by atoms with E-state index in [1.807, 2.05) is 6.07 Å². The van der Waals surface area contributed by atoms with Crippen molar-refractivity contribution in [2.45, 2.75) is 33.2 Å². The summed E-state index contributed by atoms with van der Waals surface area (Å²) in [7, 11) is 1.71. The molecule has 0 atom stereocenters. The van der Waals surface area contributed by atoms with Gasteiger partial charge in [-0.1, -0.05) is 26.0 Å². The first-order chi connectivity index (χ1) is 7.13. The Hall–Kier alpha value is -1.02. The van der Waals surface area contributed by atoms with E-state index in [1.165, 1.54) is 11.1 Å². The predicted molar refractivity (Wildman–Crippen MR) is 64.6 cm³/mol.